The molecule has 0 unspecified atom stereocenters. The lowest BCUT2D eigenvalue weighted by Gasteiger charge is -2.34. The molecule has 5 nitrogen and oxygen atoms in total. The summed E-state index contributed by atoms with van der Waals surface area (Å²) in [6, 6.07) is 69.0. The first-order chi connectivity index (χ1) is 28.7. The fourth-order valence-corrected chi connectivity index (χ4v) is 10.5. The molecule has 0 N–H and O–H groups in total. The molecule has 0 aliphatic heterocycles. The molecule has 0 atom stereocenters. The summed E-state index contributed by atoms with van der Waals surface area (Å²) in [7, 11) is 0. The van der Waals surface area contributed by atoms with Crippen LogP contribution in [-0.2, 0) is 5.41 Å². The highest BCUT2D eigenvalue weighted by Gasteiger charge is 2.45. The monoisotopic (exact) mass is 737 g/mol. The maximum atomic E-state index is 5.33. The van der Waals surface area contributed by atoms with Gasteiger partial charge in [-0.15, -0.1) is 0 Å². The van der Waals surface area contributed by atoms with E-state index < -0.39 is 5.41 Å². The molecule has 0 spiro atoms. The number of aromatic nitrogens is 5. The Labute approximate surface area is 331 Å². The zero-order valence-electron chi connectivity index (χ0n) is 31.1. The van der Waals surface area contributed by atoms with Crippen LogP contribution in [0.5, 0.6) is 0 Å². The number of fused-ring (bicyclic) bond motifs is 15. The number of rotatable bonds is 3. The summed E-state index contributed by atoms with van der Waals surface area (Å²) in [5.74, 6) is 1.74. The van der Waals surface area contributed by atoms with E-state index >= 15 is 0 Å². The average molecular weight is 738 g/mol. The first kappa shape index (κ1) is 30.5. The number of nitrogens with zero attached hydrogens (tertiary/aromatic N) is 5. The van der Waals surface area contributed by atoms with Gasteiger partial charge in [0.05, 0.1) is 38.5 Å². The molecule has 268 valence electrons. The van der Waals surface area contributed by atoms with Crippen LogP contribution < -0.4 is 0 Å². The van der Waals surface area contributed by atoms with Crippen molar-refractivity contribution in [1.82, 2.24) is 23.2 Å². The van der Waals surface area contributed by atoms with Gasteiger partial charge in [-0.05, 0) is 102 Å². The van der Waals surface area contributed by atoms with Crippen molar-refractivity contribution >= 4 is 71.7 Å². The van der Waals surface area contributed by atoms with E-state index in [1.165, 1.54) is 54.9 Å². The smallest absolute Gasteiger partial charge is 0.223 e. The molecule has 5 heteroatoms. The molecule has 1 aliphatic rings. The minimum atomic E-state index is -0.444. The van der Waals surface area contributed by atoms with Gasteiger partial charge in [-0.1, -0.05) is 152 Å². The van der Waals surface area contributed by atoms with Gasteiger partial charge in [-0.3, -0.25) is 8.80 Å². The molecule has 13 aromatic rings. The van der Waals surface area contributed by atoms with Gasteiger partial charge in [0.2, 0.25) is 11.6 Å². The second-order valence-electron chi connectivity index (χ2n) is 15.9. The highest BCUT2D eigenvalue weighted by Crippen LogP contribution is 2.56. The highest BCUT2D eigenvalue weighted by atomic mass is 15.3. The zero-order chi connectivity index (χ0) is 37.7. The SMILES string of the molecule is c1ccc(C2(c3ccc(-c4cc5c6c(c4)n4c7cc8ccccc8cc7nc4n6c4nc6cc7ccccc7cc6n54)cc3)c3ccccc3-c3ccccc32)cc1. The van der Waals surface area contributed by atoms with Gasteiger partial charge in [0.25, 0.3) is 0 Å². The predicted octanol–water partition coefficient (Wildman–Crippen LogP) is 12.5. The summed E-state index contributed by atoms with van der Waals surface area (Å²) in [4.78, 5) is 10.7. The molecule has 0 amide bonds. The van der Waals surface area contributed by atoms with Crippen molar-refractivity contribution in [3.8, 4) is 22.3 Å². The van der Waals surface area contributed by atoms with E-state index in [1.807, 2.05) is 0 Å². The van der Waals surface area contributed by atoms with Gasteiger partial charge in [-0.25, -0.2) is 14.4 Å². The summed E-state index contributed by atoms with van der Waals surface area (Å²) < 4.78 is 6.95. The summed E-state index contributed by atoms with van der Waals surface area (Å²) in [5, 5.41) is 4.76. The fraction of sp³-hybridized carbons (Fsp3) is 0.0189. The van der Waals surface area contributed by atoms with Crippen molar-refractivity contribution < 1.29 is 0 Å². The van der Waals surface area contributed by atoms with Gasteiger partial charge < -0.3 is 0 Å². The van der Waals surface area contributed by atoms with Crippen LogP contribution in [0.3, 0.4) is 0 Å². The molecule has 14 rings (SSSR count). The topological polar surface area (TPSA) is 39.0 Å². The van der Waals surface area contributed by atoms with Gasteiger partial charge in [0.1, 0.15) is 5.52 Å². The minimum Gasteiger partial charge on any atom is -0.276 e. The molecule has 0 saturated heterocycles. The zero-order valence-corrected chi connectivity index (χ0v) is 31.1. The molecule has 4 aromatic heterocycles. The summed E-state index contributed by atoms with van der Waals surface area (Å²) in [6.45, 7) is 0. The van der Waals surface area contributed by atoms with E-state index in [1.54, 1.807) is 0 Å². The Morgan fingerprint density at radius 2 is 0.793 bits per heavy atom. The van der Waals surface area contributed by atoms with Crippen LogP contribution in [0.15, 0.2) is 188 Å². The molecule has 0 saturated carbocycles. The summed E-state index contributed by atoms with van der Waals surface area (Å²) >= 11 is 0. The van der Waals surface area contributed by atoms with Crippen molar-refractivity contribution in [3.05, 3.63) is 210 Å². The number of hydrogen-bond acceptors (Lipinski definition) is 2. The maximum absolute atomic E-state index is 5.33. The standard InChI is InChI=1S/C53H31N5/c1-2-16-38(17-3-1)53(42-20-10-8-18-40(42)41-19-9-11-21-43(41)53)39-24-22-32(23-25-39)37-30-48-50-49(31-37)57-47-29-36-15-7-5-13-34(36)27-45(47)55-52(57)58(50)51-54-44-26-33-12-4-6-14-35(33)28-46(44)56(48)51/h1-31H. The highest BCUT2D eigenvalue weighted by molar-refractivity contribution is 6.08. The van der Waals surface area contributed by atoms with Crippen molar-refractivity contribution in [2.75, 3.05) is 0 Å². The Morgan fingerprint density at radius 1 is 0.345 bits per heavy atom. The molecular formula is C53H31N5. The molecule has 58 heavy (non-hydrogen) atoms. The summed E-state index contributed by atoms with van der Waals surface area (Å²) in [6.07, 6.45) is 0. The normalized spacial score (nSPS) is 13.7. The van der Waals surface area contributed by atoms with E-state index in [0.29, 0.717) is 0 Å². The van der Waals surface area contributed by atoms with E-state index in [2.05, 4.69) is 201 Å². The second kappa shape index (κ2) is 10.8. The number of imidazole rings is 4. The second-order valence-corrected chi connectivity index (χ2v) is 15.9. The fourth-order valence-electron chi connectivity index (χ4n) is 10.5. The van der Waals surface area contributed by atoms with Crippen molar-refractivity contribution in [2.24, 2.45) is 0 Å². The third kappa shape index (κ3) is 3.71. The molecule has 0 fully saturated rings. The van der Waals surface area contributed by atoms with Crippen LogP contribution in [0.2, 0.25) is 0 Å². The van der Waals surface area contributed by atoms with Gasteiger partial charge in [-0.2, -0.15) is 0 Å². The first-order valence-corrected chi connectivity index (χ1v) is 19.9. The largest absolute Gasteiger partial charge is 0.276 e. The Kier molecular flexibility index (Phi) is 5.65. The van der Waals surface area contributed by atoms with Crippen LogP contribution in [-0.4, -0.2) is 23.2 Å². The molecular weight excluding hydrogens is 707 g/mol. The van der Waals surface area contributed by atoms with Crippen LogP contribution in [0.1, 0.15) is 22.3 Å². The number of hydrogen-bond donors (Lipinski definition) is 0. The van der Waals surface area contributed by atoms with Crippen LogP contribution >= 0.6 is 0 Å². The minimum absolute atomic E-state index is 0.444. The van der Waals surface area contributed by atoms with Crippen LogP contribution in [0.25, 0.3) is 94.0 Å². The molecule has 1 aliphatic carbocycles. The molecule has 9 aromatic carbocycles. The van der Waals surface area contributed by atoms with Crippen molar-refractivity contribution in [1.29, 1.82) is 0 Å². The lowest BCUT2D eigenvalue weighted by Crippen LogP contribution is -2.28. The van der Waals surface area contributed by atoms with E-state index in [4.69, 9.17) is 9.97 Å². The average Bonchev–Trinajstić information content (AvgIpc) is 4.06. The lowest BCUT2D eigenvalue weighted by atomic mass is 9.67. The lowest BCUT2D eigenvalue weighted by molar-refractivity contribution is 0.768. The third-order valence-corrected chi connectivity index (χ3v) is 13.0. The first-order valence-electron chi connectivity index (χ1n) is 19.9. The molecule has 0 bridgehead atoms. The van der Waals surface area contributed by atoms with Crippen molar-refractivity contribution in [3.63, 3.8) is 0 Å². The maximum Gasteiger partial charge on any atom is 0.223 e. The quantitative estimate of drug-likeness (QED) is 0.181. The van der Waals surface area contributed by atoms with E-state index in [0.717, 1.165) is 61.3 Å². The third-order valence-electron chi connectivity index (χ3n) is 13.0. The van der Waals surface area contributed by atoms with Gasteiger partial charge >= 0.3 is 0 Å². The van der Waals surface area contributed by atoms with E-state index in [-0.39, 0.29) is 0 Å². The van der Waals surface area contributed by atoms with E-state index in [9.17, 15) is 0 Å². The molecule has 0 radical (unpaired) electrons. The van der Waals surface area contributed by atoms with Gasteiger partial charge in [0.15, 0.2) is 0 Å². The Morgan fingerprint density at radius 3 is 1.33 bits per heavy atom. The summed E-state index contributed by atoms with van der Waals surface area (Å²) in [5.41, 5.74) is 17.1. The number of benzene rings is 9. The van der Waals surface area contributed by atoms with Gasteiger partial charge in [0, 0.05) is 0 Å². The Balaban J connectivity index is 1.06. The van der Waals surface area contributed by atoms with Crippen LogP contribution in [0, 0.1) is 0 Å². The van der Waals surface area contributed by atoms with Crippen LogP contribution in [0.4, 0.5) is 0 Å². The predicted molar refractivity (Wildman–Crippen MR) is 236 cm³/mol. The molecule has 4 heterocycles. The van der Waals surface area contributed by atoms with Crippen molar-refractivity contribution in [2.45, 2.75) is 5.41 Å². The Hall–Kier alpha value is -7.76. The Bertz CT molecular complexity index is 3640.